The molecule has 0 spiro atoms. The number of aryl methyl sites for hydroxylation is 1. The molecule has 1 fully saturated rings. The molecule has 7 N–H and O–H groups in total. The zero-order valence-corrected chi connectivity index (χ0v) is 34.9. The standard InChI is InChI=1S/C33H37N7O3.C7H13NO4.C3H8O/c1-40-19-5-6-29(40)32-36-21-28(39-32)26-16-12-24(13-17-26)9-8-23-10-14-25(15-11-23)27-20-35-30(38-27)7-3-4-18-34-31(41)22-37-33(42)43-2;1-7(2,11)5(4-9)8-6(10)12-3;1-3(2)4/h10-17,20-21,29H,3-7,18-19,22H2,1-2H3,(H,34,41)(H,35,38)(H,36,39)(H,37,42);4-5,11H,1-3H3,(H,8,10);3-4H,1-2H3. The highest BCUT2D eigenvalue weighted by molar-refractivity contribution is 5.82. The van der Waals surface area contributed by atoms with E-state index in [0.717, 1.165) is 77.5 Å². The van der Waals surface area contributed by atoms with Gasteiger partial charge in [-0.2, -0.15) is 0 Å². The van der Waals surface area contributed by atoms with E-state index in [1.165, 1.54) is 34.5 Å². The summed E-state index contributed by atoms with van der Waals surface area (Å²) < 4.78 is 8.70. The van der Waals surface area contributed by atoms with Crippen molar-refractivity contribution in [1.82, 2.24) is 40.8 Å². The molecule has 0 bridgehead atoms. The maximum absolute atomic E-state index is 11.7. The van der Waals surface area contributed by atoms with E-state index >= 15 is 0 Å². The van der Waals surface area contributed by atoms with Crippen molar-refractivity contribution in [3.8, 4) is 34.4 Å². The summed E-state index contributed by atoms with van der Waals surface area (Å²) in [6, 6.07) is 15.8. The molecule has 2 aromatic carbocycles. The number of methoxy groups -OCH3 is 2. The van der Waals surface area contributed by atoms with E-state index in [-0.39, 0.29) is 18.6 Å². The van der Waals surface area contributed by atoms with Crippen LogP contribution in [0.1, 0.15) is 82.2 Å². The van der Waals surface area contributed by atoms with Gasteiger partial charge in [-0.3, -0.25) is 9.69 Å². The first-order valence-electron chi connectivity index (χ1n) is 19.4. The van der Waals surface area contributed by atoms with Gasteiger partial charge in [0.15, 0.2) is 0 Å². The van der Waals surface area contributed by atoms with Crippen molar-refractivity contribution in [2.24, 2.45) is 0 Å². The Bertz CT molecular complexity index is 1970. The van der Waals surface area contributed by atoms with E-state index in [2.05, 4.69) is 81.3 Å². The van der Waals surface area contributed by atoms with Crippen molar-refractivity contribution >= 4 is 24.4 Å². The second-order valence-electron chi connectivity index (χ2n) is 14.6. The number of imidazole rings is 2. The highest BCUT2D eigenvalue weighted by atomic mass is 16.5. The predicted molar refractivity (Wildman–Crippen MR) is 224 cm³/mol. The van der Waals surface area contributed by atoms with Crippen LogP contribution in [0, 0.1) is 11.8 Å². The van der Waals surface area contributed by atoms with E-state index in [1.54, 1.807) is 13.8 Å². The minimum Gasteiger partial charge on any atom is -0.453 e. The van der Waals surface area contributed by atoms with Gasteiger partial charge in [0.2, 0.25) is 5.91 Å². The maximum Gasteiger partial charge on any atom is 0.407 e. The van der Waals surface area contributed by atoms with Crippen LogP contribution in [0.25, 0.3) is 22.5 Å². The lowest BCUT2D eigenvalue weighted by Gasteiger charge is -2.24. The highest BCUT2D eigenvalue weighted by Crippen LogP contribution is 2.30. The summed E-state index contributed by atoms with van der Waals surface area (Å²) in [4.78, 5) is 62.0. The number of aliphatic hydroxyl groups excluding tert-OH is 1. The Morgan fingerprint density at radius 1 is 0.915 bits per heavy atom. The van der Waals surface area contributed by atoms with E-state index in [4.69, 9.17) is 5.11 Å². The van der Waals surface area contributed by atoms with Gasteiger partial charge in [-0.1, -0.05) is 36.1 Å². The van der Waals surface area contributed by atoms with Crippen molar-refractivity contribution in [2.45, 2.75) is 83.6 Å². The summed E-state index contributed by atoms with van der Waals surface area (Å²) >= 11 is 0. The molecule has 1 aliphatic heterocycles. The molecular formula is C43H58N8O8. The van der Waals surface area contributed by atoms with Crippen LogP contribution in [0.3, 0.4) is 0 Å². The number of likely N-dealkylation sites (tertiary alicyclic amines) is 1. The van der Waals surface area contributed by atoms with E-state index < -0.39 is 23.8 Å². The molecule has 59 heavy (non-hydrogen) atoms. The van der Waals surface area contributed by atoms with Crippen LogP contribution in [0.5, 0.6) is 0 Å². The molecule has 2 unspecified atom stereocenters. The molecule has 2 aromatic heterocycles. The Morgan fingerprint density at radius 3 is 1.98 bits per heavy atom. The van der Waals surface area contributed by atoms with Crippen LogP contribution in [0.2, 0.25) is 0 Å². The Hall–Kier alpha value is -6.02. The molecule has 0 saturated carbocycles. The van der Waals surface area contributed by atoms with Crippen LogP contribution in [-0.4, -0.2) is 118 Å². The van der Waals surface area contributed by atoms with Gasteiger partial charge in [0.1, 0.15) is 24.0 Å². The molecule has 3 amide bonds. The Morgan fingerprint density at radius 2 is 1.47 bits per heavy atom. The summed E-state index contributed by atoms with van der Waals surface area (Å²) in [5.74, 6) is 8.21. The fourth-order valence-electron chi connectivity index (χ4n) is 5.65. The van der Waals surface area contributed by atoms with E-state index in [9.17, 15) is 24.3 Å². The Balaban J connectivity index is 0.000000492. The van der Waals surface area contributed by atoms with Gasteiger partial charge in [0.05, 0.1) is 56.2 Å². The van der Waals surface area contributed by atoms with Gasteiger partial charge in [-0.25, -0.2) is 19.6 Å². The number of nitrogens with one attached hydrogen (secondary N) is 5. The molecule has 0 aliphatic carbocycles. The van der Waals surface area contributed by atoms with Gasteiger partial charge in [0, 0.05) is 30.2 Å². The smallest absolute Gasteiger partial charge is 0.407 e. The Labute approximate surface area is 345 Å². The molecule has 5 rings (SSSR count). The maximum atomic E-state index is 11.7. The summed E-state index contributed by atoms with van der Waals surface area (Å²) in [6.07, 6.45) is 7.49. The molecule has 1 saturated heterocycles. The minimum atomic E-state index is -1.28. The molecule has 318 valence electrons. The van der Waals surface area contributed by atoms with Crippen molar-refractivity contribution in [2.75, 3.05) is 40.9 Å². The zero-order valence-electron chi connectivity index (χ0n) is 34.9. The highest BCUT2D eigenvalue weighted by Gasteiger charge is 2.28. The Kier molecular flexibility index (Phi) is 19.3. The number of H-pyrrole nitrogens is 2. The number of nitrogens with zero attached hydrogens (tertiary/aromatic N) is 3. The fourth-order valence-corrected chi connectivity index (χ4v) is 5.65. The number of aldehydes is 1. The van der Waals surface area contributed by atoms with Gasteiger partial charge in [-0.15, -0.1) is 0 Å². The van der Waals surface area contributed by atoms with Gasteiger partial charge < -0.3 is 50.4 Å². The van der Waals surface area contributed by atoms with Crippen molar-refractivity contribution in [3.05, 3.63) is 83.7 Å². The number of aliphatic hydroxyl groups is 2. The lowest BCUT2D eigenvalue weighted by Crippen LogP contribution is -2.50. The number of benzene rings is 2. The molecule has 3 heterocycles. The number of amides is 3. The molecule has 1 aliphatic rings. The second kappa shape index (κ2) is 24.0. The predicted octanol–water partition coefficient (Wildman–Crippen LogP) is 4.50. The SMILES string of the molecule is CC(C)O.COC(=O)NC(C=O)C(C)(C)O.COC(=O)NCC(=O)NCCCCc1ncc(-c2ccc(C#Cc3ccc(-c4cnc(C5CCCN5C)[nH]4)cc3)cc2)[nH]1. The molecule has 16 heteroatoms. The van der Waals surface area contributed by atoms with Crippen molar-refractivity contribution < 1.29 is 38.9 Å². The van der Waals surface area contributed by atoms with Crippen molar-refractivity contribution in [3.63, 3.8) is 0 Å². The topological polar surface area (TPSA) is 224 Å². The molecule has 16 nitrogen and oxygen atoms in total. The number of carbonyl (C=O) groups excluding carboxylic acids is 4. The third-order valence-electron chi connectivity index (χ3n) is 8.90. The lowest BCUT2D eigenvalue weighted by molar-refractivity contribution is -0.120. The van der Waals surface area contributed by atoms with Crippen LogP contribution in [-0.2, 0) is 25.5 Å². The second-order valence-corrected chi connectivity index (χ2v) is 14.6. The summed E-state index contributed by atoms with van der Waals surface area (Å²) in [6.45, 7) is 7.83. The average molecular weight is 815 g/mol. The number of hydrogen-bond donors (Lipinski definition) is 7. The number of rotatable bonds is 13. The number of alkyl carbamates (subject to hydrolysis) is 2. The van der Waals surface area contributed by atoms with Gasteiger partial charge in [-0.05, 0) is 102 Å². The average Bonchev–Trinajstić information content (AvgIpc) is 4.00. The van der Waals surface area contributed by atoms with Crippen LogP contribution >= 0.6 is 0 Å². The number of aromatic nitrogens is 4. The summed E-state index contributed by atoms with van der Waals surface area (Å²) in [7, 11) is 4.59. The molecular weight excluding hydrogens is 757 g/mol. The minimum absolute atomic E-state index is 0.0995. The number of ether oxygens (including phenoxy) is 2. The first-order valence-corrected chi connectivity index (χ1v) is 19.4. The van der Waals surface area contributed by atoms with E-state index in [0.29, 0.717) is 18.9 Å². The normalized spacial score (nSPS) is 14.0. The van der Waals surface area contributed by atoms with Crippen LogP contribution in [0.4, 0.5) is 9.59 Å². The largest absolute Gasteiger partial charge is 0.453 e. The summed E-state index contributed by atoms with van der Waals surface area (Å²) in [5.41, 5.74) is 4.74. The molecule has 2 atom stereocenters. The lowest BCUT2D eigenvalue weighted by atomic mass is 10.0. The quantitative estimate of drug-likeness (QED) is 0.0566. The molecule has 0 radical (unpaired) electrons. The number of hydrogen-bond acceptors (Lipinski definition) is 11. The van der Waals surface area contributed by atoms with Crippen molar-refractivity contribution in [1.29, 1.82) is 0 Å². The van der Waals surface area contributed by atoms with Gasteiger partial charge in [0.25, 0.3) is 0 Å². The number of carbonyl (C=O) groups is 4. The molecule has 4 aromatic rings. The first kappa shape index (κ1) is 47.4. The van der Waals surface area contributed by atoms with Gasteiger partial charge >= 0.3 is 12.2 Å². The number of unbranched alkanes of at least 4 members (excludes halogenated alkanes) is 1. The third-order valence-corrected chi connectivity index (χ3v) is 8.90. The van der Waals surface area contributed by atoms with Crippen LogP contribution in [0.15, 0.2) is 60.9 Å². The first-order chi connectivity index (χ1) is 28.1. The number of aromatic amines is 2. The van der Waals surface area contributed by atoms with E-state index in [1.807, 2.05) is 48.8 Å². The van der Waals surface area contributed by atoms with Crippen LogP contribution < -0.4 is 16.0 Å². The third kappa shape index (κ3) is 16.8. The summed E-state index contributed by atoms with van der Waals surface area (Å²) in [5, 5.41) is 24.7. The monoisotopic (exact) mass is 814 g/mol. The fraction of sp³-hybridized carbons (Fsp3) is 0.442. The zero-order chi connectivity index (χ0) is 43.4.